The Kier molecular flexibility index (Phi) is 8.36. The second-order valence-electron chi connectivity index (χ2n) is 7.27. The zero-order chi connectivity index (χ0) is 21.9. The molecule has 1 amide bonds. The van der Waals surface area contributed by atoms with Crippen LogP contribution in [0.2, 0.25) is 0 Å². The summed E-state index contributed by atoms with van der Waals surface area (Å²) in [5.41, 5.74) is 0.786. The highest BCUT2D eigenvalue weighted by Crippen LogP contribution is 2.29. The lowest BCUT2D eigenvalue weighted by Crippen LogP contribution is -2.33. The number of carbonyl (C=O) groups is 1. The Bertz CT molecular complexity index is 928. The van der Waals surface area contributed by atoms with Crippen molar-refractivity contribution < 1.29 is 19.0 Å². The summed E-state index contributed by atoms with van der Waals surface area (Å²) in [4.78, 5) is 12.4. The van der Waals surface area contributed by atoms with Crippen molar-refractivity contribution in [2.45, 2.75) is 38.6 Å². The van der Waals surface area contributed by atoms with E-state index < -0.39 is 0 Å². The van der Waals surface area contributed by atoms with E-state index in [0.29, 0.717) is 36.9 Å². The molecule has 0 bridgehead atoms. The Balaban J connectivity index is 1.63. The number of benzene rings is 2. The molecule has 31 heavy (non-hydrogen) atoms. The molecule has 6 heteroatoms. The number of nitrogens with zero attached hydrogens (tertiary/aromatic N) is 1. The highest BCUT2D eigenvalue weighted by atomic mass is 16.5. The van der Waals surface area contributed by atoms with Crippen LogP contribution in [0.25, 0.3) is 6.08 Å². The van der Waals surface area contributed by atoms with E-state index in [2.05, 4.69) is 5.32 Å². The first-order chi connectivity index (χ1) is 15.2. The third-order valence-electron chi connectivity index (χ3n) is 4.99. The van der Waals surface area contributed by atoms with Crippen LogP contribution >= 0.6 is 0 Å². The maximum absolute atomic E-state index is 12.4. The van der Waals surface area contributed by atoms with E-state index in [1.807, 2.05) is 43.3 Å². The first kappa shape index (κ1) is 22.2. The smallest absolute Gasteiger partial charge is 0.262 e. The average molecular weight is 421 g/mol. The lowest BCUT2D eigenvalue weighted by molar-refractivity contribution is -0.117. The minimum Gasteiger partial charge on any atom is -0.490 e. The van der Waals surface area contributed by atoms with E-state index in [1.54, 1.807) is 24.3 Å². The minimum absolute atomic E-state index is 0.0827. The summed E-state index contributed by atoms with van der Waals surface area (Å²) in [6.45, 7) is 3.12. The Morgan fingerprint density at radius 3 is 2.52 bits per heavy atom. The van der Waals surface area contributed by atoms with Gasteiger partial charge in [-0.2, -0.15) is 5.26 Å². The molecule has 1 aliphatic carbocycles. The number of nitriles is 1. The van der Waals surface area contributed by atoms with Crippen LogP contribution in [0, 0.1) is 11.3 Å². The van der Waals surface area contributed by atoms with Gasteiger partial charge in [0.25, 0.3) is 5.91 Å². The number of amides is 1. The SMILES string of the molecule is CCOc1cc(/C=C(\C#N)C(=O)NC2CCCC2)ccc1OCCOc1ccccc1. The normalized spacial score (nSPS) is 14.0. The van der Waals surface area contributed by atoms with Gasteiger partial charge in [0.1, 0.15) is 30.6 Å². The summed E-state index contributed by atoms with van der Waals surface area (Å²) in [7, 11) is 0. The summed E-state index contributed by atoms with van der Waals surface area (Å²) in [5, 5.41) is 12.4. The van der Waals surface area contributed by atoms with E-state index in [-0.39, 0.29) is 17.5 Å². The van der Waals surface area contributed by atoms with Crippen LogP contribution in [0.3, 0.4) is 0 Å². The molecule has 6 nitrogen and oxygen atoms in total. The number of hydrogen-bond acceptors (Lipinski definition) is 5. The minimum atomic E-state index is -0.328. The van der Waals surface area contributed by atoms with E-state index in [4.69, 9.17) is 14.2 Å². The van der Waals surface area contributed by atoms with Gasteiger partial charge in [-0.05, 0) is 55.7 Å². The molecule has 3 rings (SSSR count). The van der Waals surface area contributed by atoms with Crippen molar-refractivity contribution in [2.75, 3.05) is 19.8 Å². The molecular formula is C25H28N2O4. The molecule has 0 heterocycles. The predicted molar refractivity (Wildman–Crippen MR) is 119 cm³/mol. The monoisotopic (exact) mass is 420 g/mol. The molecule has 0 unspecified atom stereocenters. The van der Waals surface area contributed by atoms with Gasteiger partial charge in [0, 0.05) is 6.04 Å². The van der Waals surface area contributed by atoms with Gasteiger partial charge >= 0.3 is 0 Å². The summed E-state index contributed by atoms with van der Waals surface area (Å²) >= 11 is 0. The quantitative estimate of drug-likeness (QED) is 0.347. The molecule has 0 atom stereocenters. The molecule has 0 aromatic heterocycles. The average Bonchev–Trinajstić information content (AvgIpc) is 3.30. The lowest BCUT2D eigenvalue weighted by Gasteiger charge is -2.14. The van der Waals surface area contributed by atoms with Crippen molar-refractivity contribution in [3.05, 3.63) is 59.7 Å². The highest BCUT2D eigenvalue weighted by molar-refractivity contribution is 6.01. The molecular weight excluding hydrogens is 392 g/mol. The predicted octanol–water partition coefficient (Wildman–Crippen LogP) is 4.51. The van der Waals surface area contributed by atoms with Crippen LogP contribution in [0.4, 0.5) is 0 Å². The Morgan fingerprint density at radius 2 is 1.81 bits per heavy atom. The Morgan fingerprint density at radius 1 is 1.06 bits per heavy atom. The van der Waals surface area contributed by atoms with Crippen molar-refractivity contribution in [2.24, 2.45) is 0 Å². The van der Waals surface area contributed by atoms with E-state index >= 15 is 0 Å². The van der Waals surface area contributed by atoms with Crippen LogP contribution in [0.1, 0.15) is 38.2 Å². The summed E-state index contributed by atoms with van der Waals surface area (Å²) in [6.07, 6.45) is 5.76. The molecule has 0 spiro atoms. The first-order valence-electron chi connectivity index (χ1n) is 10.7. The van der Waals surface area contributed by atoms with Gasteiger partial charge in [-0.1, -0.05) is 37.1 Å². The van der Waals surface area contributed by atoms with Gasteiger partial charge in [0.15, 0.2) is 11.5 Å². The molecule has 1 aliphatic rings. The van der Waals surface area contributed by atoms with Gasteiger partial charge in [-0.25, -0.2) is 0 Å². The fourth-order valence-electron chi connectivity index (χ4n) is 3.48. The van der Waals surface area contributed by atoms with Crippen molar-refractivity contribution in [1.29, 1.82) is 5.26 Å². The van der Waals surface area contributed by atoms with Gasteiger partial charge < -0.3 is 19.5 Å². The third-order valence-corrected chi connectivity index (χ3v) is 4.99. The molecule has 2 aromatic rings. The Hall–Kier alpha value is -3.46. The number of para-hydroxylation sites is 1. The van der Waals surface area contributed by atoms with Gasteiger partial charge in [0.05, 0.1) is 6.61 Å². The van der Waals surface area contributed by atoms with Crippen molar-refractivity contribution in [3.63, 3.8) is 0 Å². The van der Waals surface area contributed by atoms with Gasteiger partial charge in [-0.15, -0.1) is 0 Å². The first-order valence-corrected chi connectivity index (χ1v) is 10.7. The summed E-state index contributed by atoms with van der Waals surface area (Å²) in [5.74, 6) is 1.61. The maximum atomic E-state index is 12.4. The van der Waals surface area contributed by atoms with Crippen LogP contribution < -0.4 is 19.5 Å². The number of nitrogens with one attached hydrogen (secondary N) is 1. The van der Waals surface area contributed by atoms with Crippen LogP contribution in [0.15, 0.2) is 54.1 Å². The number of ether oxygens (including phenoxy) is 3. The molecule has 0 aliphatic heterocycles. The van der Waals surface area contributed by atoms with Crippen molar-refractivity contribution >= 4 is 12.0 Å². The molecule has 162 valence electrons. The molecule has 0 saturated heterocycles. The van der Waals surface area contributed by atoms with Gasteiger partial charge in [0.2, 0.25) is 0 Å². The summed E-state index contributed by atoms with van der Waals surface area (Å²) < 4.78 is 17.2. The second-order valence-corrected chi connectivity index (χ2v) is 7.27. The molecule has 1 fully saturated rings. The standard InChI is InChI=1S/C25H28N2O4/c1-2-29-24-17-19(16-20(18-26)25(28)27-21-8-6-7-9-21)12-13-23(24)31-15-14-30-22-10-4-3-5-11-22/h3-5,10-13,16-17,21H,2,6-9,14-15H2,1H3,(H,27,28)/b20-16+. The Labute approximate surface area is 183 Å². The van der Waals surface area contributed by atoms with E-state index in [1.165, 1.54) is 0 Å². The lowest BCUT2D eigenvalue weighted by atomic mass is 10.1. The summed E-state index contributed by atoms with van der Waals surface area (Å²) in [6, 6.07) is 17.1. The number of carbonyl (C=O) groups excluding carboxylic acids is 1. The molecule has 1 saturated carbocycles. The third kappa shape index (κ3) is 6.78. The van der Waals surface area contributed by atoms with E-state index in [0.717, 1.165) is 31.4 Å². The van der Waals surface area contributed by atoms with E-state index in [9.17, 15) is 10.1 Å². The highest BCUT2D eigenvalue weighted by Gasteiger charge is 2.19. The van der Waals surface area contributed by atoms with Crippen LogP contribution in [-0.2, 0) is 4.79 Å². The zero-order valence-electron chi connectivity index (χ0n) is 17.8. The zero-order valence-corrected chi connectivity index (χ0v) is 17.8. The van der Waals surface area contributed by atoms with Crippen molar-refractivity contribution in [1.82, 2.24) is 5.32 Å². The largest absolute Gasteiger partial charge is 0.490 e. The molecule has 0 radical (unpaired) electrons. The maximum Gasteiger partial charge on any atom is 0.262 e. The fraction of sp³-hybridized carbons (Fsp3) is 0.360. The number of hydrogen-bond donors (Lipinski definition) is 1. The number of rotatable bonds is 10. The van der Waals surface area contributed by atoms with Crippen molar-refractivity contribution in [3.8, 4) is 23.3 Å². The fourth-order valence-corrected chi connectivity index (χ4v) is 3.48. The second kappa shape index (κ2) is 11.7. The topological polar surface area (TPSA) is 80.6 Å². The molecule has 1 N–H and O–H groups in total. The van der Waals surface area contributed by atoms with Gasteiger partial charge in [-0.3, -0.25) is 4.79 Å². The van der Waals surface area contributed by atoms with Crippen LogP contribution in [-0.4, -0.2) is 31.8 Å². The molecule has 2 aromatic carbocycles. The van der Waals surface area contributed by atoms with Crippen LogP contribution in [0.5, 0.6) is 17.2 Å².